The topological polar surface area (TPSA) is 89.9 Å². The smallest absolute Gasteiger partial charge is 0.339 e. The van der Waals surface area contributed by atoms with E-state index < -0.39 is 5.97 Å². The Kier molecular flexibility index (Phi) is 5.29. The number of hydrogen-bond donors (Lipinski definition) is 3. The van der Waals surface area contributed by atoms with Crippen molar-refractivity contribution in [2.45, 2.75) is 6.04 Å². The molecule has 0 aromatic heterocycles. The molecule has 0 aliphatic carbocycles. The Morgan fingerprint density at radius 2 is 1.70 bits per heavy atom. The highest BCUT2D eigenvalue weighted by Crippen LogP contribution is 2.36. The molecule has 1 amide bonds. The molecule has 1 aliphatic heterocycles. The quantitative estimate of drug-likeness (QED) is 0.497. The Morgan fingerprint density at radius 1 is 1.00 bits per heavy atom. The summed E-state index contributed by atoms with van der Waals surface area (Å²) in [6.45, 7) is 0. The van der Waals surface area contributed by atoms with Crippen molar-refractivity contribution in [3.05, 3.63) is 100 Å². The van der Waals surface area contributed by atoms with Gasteiger partial charge in [0.05, 0.1) is 6.04 Å². The molecule has 0 saturated heterocycles. The average Bonchev–Trinajstić information content (AvgIpc) is 3.05. The number of aromatic carboxylic acids is 1. The molecule has 30 heavy (non-hydrogen) atoms. The number of carbonyl (C=O) groups is 2. The second-order valence-corrected chi connectivity index (χ2v) is 7.67. The van der Waals surface area contributed by atoms with E-state index in [0.29, 0.717) is 11.4 Å². The molecule has 150 valence electrons. The summed E-state index contributed by atoms with van der Waals surface area (Å²) in [5.41, 5.74) is 2.26. The zero-order chi connectivity index (χ0) is 21.3. The summed E-state index contributed by atoms with van der Waals surface area (Å²) in [6.07, 6.45) is 1.82. The summed E-state index contributed by atoms with van der Waals surface area (Å²) >= 11 is 3.43. The lowest BCUT2D eigenvalue weighted by Gasteiger charge is -2.25. The van der Waals surface area contributed by atoms with Crippen LogP contribution in [0.3, 0.4) is 0 Å². The lowest BCUT2D eigenvalue weighted by Crippen LogP contribution is -2.30. The third-order valence-electron chi connectivity index (χ3n) is 4.80. The van der Waals surface area contributed by atoms with E-state index in [1.165, 1.54) is 18.2 Å². The number of benzene rings is 3. The Morgan fingerprint density at radius 3 is 2.33 bits per heavy atom. The maximum Gasteiger partial charge on any atom is 0.339 e. The minimum atomic E-state index is -1.22. The molecule has 0 saturated carbocycles. The van der Waals surface area contributed by atoms with Crippen LogP contribution in [0, 0.1) is 0 Å². The van der Waals surface area contributed by atoms with Gasteiger partial charge in [-0.3, -0.25) is 9.69 Å². The van der Waals surface area contributed by atoms with Crippen molar-refractivity contribution in [2.75, 3.05) is 10.2 Å². The minimum Gasteiger partial charge on any atom is -0.507 e. The molecule has 7 heteroatoms. The molecule has 1 atom stereocenters. The zero-order valence-corrected chi connectivity index (χ0v) is 17.2. The predicted octanol–water partition coefficient (Wildman–Crippen LogP) is 4.94. The highest BCUT2D eigenvalue weighted by molar-refractivity contribution is 9.10. The van der Waals surface area contributed by atoms with E-state index in [9.17, 15) is 14.7 Å². The first kappa shape index (κ1) is 19.7. The number of carboxylic acid groups (broad SMARTS) is 1. The molecule has 1 heterocycles. The Bertz CT molecular complexity index is 1140. The Hall–Kier alpha value is -3.58. The van der Waals surface area contributed by atoms with Gasteiger partial charge in [0.15, 0.2) is 0 Å². The van der Waals surface area contributed by atoms with E-state index in [0.717, 1.165) is 15.7 Å². The lowest BCUT2D eigenvalue weighted by atomic mass is 10.1. The van der Waals surface area contributed by atoms with Crippen molar-refractivity contribution < 1.29 is 19.8 Å². The normalized spacial score (nSPS) is 15.8. The van der Waals surface area contributed by atoms with Crippen LogP contribution >= 0.6 is 15.9 Å². The van der Waals surface area contributed by atoms with Crippen LogP contribution in [0.4, 0.5) is 11.4 Å². The van der Waals surface area contributed by atoms with Gasteiger partial charge in [-0.05, 0) is 48.0 Å². The van der Waals surface area contributed by atoms with Gasteiger partial charge in [0.1, 0.15) is 17.0 Å². The third kappa shape index (κ3) is 3.79. The number of halogens is 1. The van der Waals surface area contributed by atoms with Crippen LogP contribution in [0.25, 0.3) is 0 Å². The van der Waals surface area contributed by atoms with Crippen LogP contribution in [0.1, 0.15) is 22.0 Å². The van der Waals surface area contributed by atoms with Crippen molar-refractivity contribution in [1.29, 1.82) is 0 Å². The number of phenols is 1. The van der Waals surface area contributed by atoms with E-state index in [2.05, 4.69) is 21.2 Å². The van der Waals surface area contributed by atoms with Gasteiger partial charge in [0.2, 0.25) is 0 Å². The van der Waals surface area contributed by atoms with Crippen LogP contribution in [0.5, 0.6) is 5.75 Å². The second-order valence-electron chi connectivity index (χ2n) is 6.75. The first-order chi connectivity index (χ1) is 14.4. The monoisotopic (exact) mass is 464 g/mol. The SMILES string of the molecule is O=C(O)c1ccc(NC2=CC(c3ccc(Br)cc3)N(c3ccccc3)C2=O)cc1O. The van der Waals surface area contributed by atoms with Gasteiger partial charge in [-0.2, -0.15) is 0 Å². The molecule has 0 spiro atoms. The van der Waals surface area contributed by atoms with Gasteiger partial charge in [-0.15, -0.1) is 0 Å². The molecule has 3 aromatic rings. The van der Waals surface area contributed by atoms with Gasteiger partial charge < -0.3 is 15.5 Å². The van der Waals surface area contributed by atoms with E-state index in [4.69, 9.17) is 5.11 Å². The molecule has 3 aromatic carbocycles. The summed E-state index contributed by atoms with van der Waals surface area (Å²) in [7, 11) is 0. The first-order valence-electron chi connectivity index (χ1n) is 9.13. The van der Waals surface area contributed by atoms with Gasteiger partial charge >= 0.3 is 5.97 Å². The van der Waals surface area contributed by atoms with E-state index in [-0.39, 0.29) is 23.3 Å². The van der Waals surface area contributed by atoms with Crippen molar-refractivity contribution in [3.8, 4) is 5.75 Å². The van der Waals surface area contributed by atoms with Crippen molar-refractivity contribution in [3.63, 3.8) is 0 Å². The fraction of sp³-hybridized carbons (Fsp3) is 0.0435. The maximum atomic E-state index is 13.3. The average molecular weight is 465 g/mol. The molecule has 3 N–H and O–H groups in total. The number of aromatic hydroxyl groups is 1. The van der Waals surface area contributed by atoms with Gasteiger partial charge in [0, 0.05) is 21.9 Å². The number of carboxylic acids is 1. The van der Waals surface area contributed by atoms with Crippen LogP contribution < -0.4 is 10.2 Å². The van der Waals surface area contributed by atoms with Crippen LogP contribution in [0.2, 0.25) is 0 Å². The molecule has 0 fully saturated rings. The predicted molar refractivity (Wildman–Crippen MR) is 118 cm³/mol. The number of rotatable bonds is 5. The molecule has 0 bridgehead atoms. The fourth-order valence-corrected chi connectivity index (χ4v) is 3.64. The Labute approximate surface area is 181 Å². The lowest BCUT2D eigenvalue weighted by molar-refractivity contribution is -0.114. The number of carbonyl (C=O) groups excluding carboxylic acids is 1. The number of para-hydroxylation sites is 1. The van der Waals surface area contributed by atoms with E-state index >= 15 is 0 Å². The molecular weight excluding hydrogens is 448 g/mol. The summed E-state index contributed by atoms with van der Waals surface area (Å²) in [5, 5.41) is 22.0. The molecule has 4 rings (SSSR count). The van der Waals surface area contributed by atoms with Gasteiger partial charge in [-0.1, -0.05) is 46.3 Å². The molecule has 6 nitrogen and oxygen atoms in total. The fourth-order valence-electron chi connectivity index (χ4n) is 3.37. The van der Waals surface area contributed by atoms with E-state index in [1.54, 1.807) is 4.90 Å². The second kappa shape index (κ2) is 8.04. The van der Waals surface area contributed by atoms with Crippen molar-refractivity contribution >= 4 is 39.2 Å². The zero-order valence-electron chi connectivity index (χ0n) is 15.6. The maximum absolute atomic E-state index is 13.3. The summed E-state index contributed by atoms with van der Waals surface area (Å²) in [4.78, 5) is 26.0. The van der Waals surface area contributed by atoms with Crippen LogP contribution in [-0.4, -0.2) is 22.1 Å². The Balaban J connectivity index is 1.70. The highest BCUT2D eigenvalue weighted by atomic mass is 79.9. The molecule has 1 unspecified atom stereocenters. The summed E-state index contributed by atoms with van der Waals surface area (Å²) < 4.78 is 0.943. The van der Waals surface area contributed by atoms with Crippen molar-refractivity contribution in [1.82, 2.24) is 0 Å². The largest absolute Gasteiger partial charge is 0.507 e. The number of hydrogen-bond acceptors (Lipinski definition) is 4. The van der Waals surface area contributed by atoms with E-state index in [1.807, 2.05) is 60.7 Å². The number of nitrogens with one attached hydrogen (secondary N) is 1. The first-order valence-corrected chi connectivity index (χ1v) is 9.92. The highest BCUT2D eigenvalue weighted by Gasteiger charge is 2.34. The van der Waals surface area contributed by atoms with Gasteiger partial charge in [0.25, 0.3) is 5.91 Å². The summed E-state index contributed by atoms with van der Waals surface area (Å²) in [5.74, 6) is -1.82. The number of amides is 1. The minimum absolute atomic E-state index is 0.203. The van der Waals surface area contributed by atoms with Gasteiger partial charge in [-0.25, -0.2) is 4.79 Å². The third-order valence-corrected chi connectivity index (χ3v) is 5.33. The summed E-state index contributed by atoms with van der Waals surface area (Å²) in [6, 6.07) is 20.9. The molecule has 1 aliphatic rings. The molecule has 0 radical (unpaired) electrons. The number of nitrogens with zero attached hydrogens (tertiary/aromatic N) is 1. The standard InChI is InChI=1S/C23H17BrN2O4/c24-15-8-6-14(7-9-15)20-13-19(22(28)26(20)17-4-2-1-3-5-17)25-16-10-11-18(23(29)30)21(27)12-16/h1-13,20,25,27H,(H,29,30). The van der Waals surface area contributed by atoms with Crippen LogP contribution in [0.15, 0.2) is 89.0 Å². The number of anilines is 2. The molecular formula is C23H17BrN2O4. The van der Waals surface area contributed by atoms with Crippen LogP contribution in [-0.2, 0) is 4.79 Å². The van der Waals surface area contributed by atoms with Crippen molar-refractivity contribution in [2.24, 2.45) is 0 Å².